The zero-order chi connectivity index (χ0) is 18.4. The molecule has 5 rings (SSSR count). The molecule has 0 unspecified atom stereocenters. The largest absolute Gasteiger partial charge is 0.383 e. The summed E-state index contributed by atoms with van der Waals surface area (Å²) in [5.74, 6) is 3.19. The Bertz CT molecular complexity index is 1130. The Hall–Kier alpha value is -3.41. The molecule has 27 heavy (non-hydrogen) atoms. The van der Waals surface area contributed by atoms with Crippen LogP contribution in [0.2, 0.25) is 0 Å². The molecule has 1 aliphatic rings. The number of fused-ring (bicyclic) bond motifs is 1. The first-order valence-electron chi connectivity index (χ1n) is 9.13. The Balaban J connectivity index is 1.61. The number of aromatic nitrogens is 4. The van der Waals surface area contributed by atoms with Gasteiger partial charge in [-0.05, 0) is 44.0 Å². The highest BCUT2D eigenvalue weighted by Gasteiger charge is 2.30. The molecule has 0 atom stereocenters. The van der Waals surface area contributed by atoms with E-state index in [1.807, 2.05) is 42.5 Å². The van der Waals surface area contributed by atoms with Crippen LogP contribution in [0.25, 0.3) is 16.9 Å². The van der Waals surface area contributed by atoms with Gasteiger partial charge < -0.3 is 11.1 Å². The van der Waals surface area contributed by atoms with E-state index in [1.54, 1.807) is 6.07 Å². The van der Waals surface area contributed by atoms with Gasteiger partial charge in [-0.1, -0.05) is 29.8 Å². The number of hydrogen-bond acceptors (Lipinski definition) is 5. The van der Waals surface area contributed by atoms with E-state index in [0.29, 0.717) is 17.7 Å². The minimum Gasteiger partial charge on any atom is -0.383 e. The van der Waals surface area contributed by atoms with Crippen molar-refractivity contribution in [1.82, 2.24) is 19.5 Å². The lowest BCUT2D eigenvalue weighted by atomic mass is 10.2. The van der Waals surface area contributed by atoms with Crippen molar-refractivity contribution in [1.29, 1.82) is 0 Å². The first-order valence-corrected chi connectivity index (χ1v) is 9.13. The van der Waals surface area contributed by atoms with Gasteiger partial charge in [-0.2, -0.15) is 9.97 Å². The molecule has 1 aliphatic carbocycles. The Kier molecular flexibility index (Phi) is 3.57. The zero-order valence-corrected chi connectivity index (χ0v) is 15.1. The van der Waals surface area contributed by atoms with Crippen LogP contribution in [0.1, 0.15) is 30.1 Å². The van der Waals surface area contributed by atoms with Gasteiger partial charge in [-0.25, -0.2) is 4.98 Å². The number of nitrogen functional groups attached to an aromatic ring is 1. The topological polar surface area (TPSA) is 81.6 Å². The summed E-state index contributed by atoms with van der Waals surface area (Å²) in [5, 5.41) is 3.25. The lowest BCUT2D eigenvalue weighted by Crippen LogP contribution is -2.08. The van der Waals surface area contributed by atoms with Gasteiger partial charge in [0.1, 0.15) is 17.5 Å². The summed E-state index contributed by atoms with van der Waals surface area (Å²) >= 11 is 0. The molecule has 3 N–H and O–H groups in total. The first kappa shape index (κ1) is 15.8. The van der Waals surface area contributed by atoms with Crippen LogP contribution in [0.4, 0.5) is 17.5 Å². The van der Waals surface area contributed by atoms with E-state index < -0.39 is 0 Å². The highest BCUT2D eigenvalue weighted by molar-refractivity contribution is 5.78. The SMILES string of the molecule is Cc1ccc(Nc2nc(N)cc(-n3c(C4CC4)nc4ccccc43)n2)cc1. The Labute approximate surface area is 157 Å². The molecule has 0 amide bonds. The van der Waals surface area contributed by atoms with Gasteiger partial charge in [-0.15, -0.1) is 0 Å². The third-order valence-corrected chi connectivity index (χ3v) is 4.80. The number of rotatable bonds is 4. The quantitative estimate of drug-likeness (QED) is 0.569. The van der Waals surface area contributed by atoms with Crippen LogP contribution in [0, 0.1) is 6.92 Å². The number of aryl methyl sites for hydroxylation is 1. The van der Waals surface area contributed by atoms with Gasteiger partial charge in [0.2, 0.25) is 5.95 Å². The van der Waals surface area contributed by atoms with Crippen LogP contribution in [0.5, 0.6) is 0 Å². The molecule has 1 fully saturated rings. The van der Waals surface area contributed by atoms with E-state index >= 15 is 0 Å². The monoisotopic (exact) mass is 356 g/mol. The van der Waals surface area contributed by atoms with Crippen molar-refractivity contribution in [3.8, 4) is 5.82 Å². The lowest BCUT2D eigenvalue weighted by molar-refractivity contribution is 0.871. The predicted molar refractivity (Wildman–Crippen MR) is 108 cm³/mol. The first-order chi connectivity index (χ1) is 13.2. The summed E-state index contributed by atoms with van der Waals surface area (Å²) in [6.45, 7) is 2.06. The van der Waals surface area contributed by atoms with E-state index in [4.69, 9.17) is 15.7 Å². The maximum absolute atomic E-state index is 6.10. The van der Waals surface area contributed by atoms with Gasteiger partial charge in [0, 0.05) is 17.7 Å². The number of para-hydroxylation sites is 2. The van der Waals surface area contributed by atoms with Crippen molar-refractivity contribution in [3.05, 3.63) is 66.0 Å². The second-order valence-corrected chi connectivity index (χ2v) is 7.03. The number of nitrogens with zero attached hydrogens (tertiary/aromatic N) is 4. The Morgan fingerprint density at radius 3 is 2.56 bits per heavy atom. The Morgan fingerprint density at radius 2 is 1.78 bits per heavy atom. The number of imidazole rings is 1. The second-order valence-electron chi connectivity index (χ2n) is 7.03. The fraction of sp³-hybridized carbons (Fsp3) is 0.190. The highest BCUT2D eigenvalue weighted by atomic mass is 15.2. The molecule has 2 aromatic carbocycles. The normalized spacial score (nSPS) is 13.8. The summed E-state index contributed by atoms with van der Waals surface area (Å²) in [4.78, 5) is 13.9. The van der Waals surface area contributed by atoms with Crippen LogP contribution in [-0.2, 0) is 0 Å². The predicted octanol–water partition coefficient (Wildman–Crippen LogP) is 4.33. The molecular formula is C21H20N6. The molecule has 0 bridgehead atoms. The van der Waals surface area contributed by atoms with Crippen molar-refractivity contribution >= 4 is 28.5 Å². The zero-order valence-electron chi connectivity index (χ0n) is 15.1. The van der Waals surface area contributed by atoms with E-state index in [-0.39, 0.29) is 0 Å². The third kappa shape index (κ3) is 2.99. The molecule has 0 radical (unpaired) electrons. The molecule has 1 saturated carbocycles. The number of nitrogens with one attached hydrogen (secondary N) is 1. The third-order valence-electron chi connectivity index (χ3n) is 4.80. The van der Waals surface area contributed by atoms with Gasteiger partial charge >= 0.3 is 0 Å². The van der Waals surface area contributed by atoms with Crippen molar-refractivity contribution in [2.24, 2.45) is 0 Å². The second kappa shape index (κ2) is 6.09. The summed E-state index contributed by atoms with van der Waals surface area (Å²) in [7, 11) is 0. The molecule has 0 aliphatic heterocycles. The molecule has 2 aromatic heterocycles. The average Bonchev–Trinajstić information content (AvgIpc) is 3.43. The molecule has 0 saturated heterocycles. The molecule has 2 heterocycles. The van der Waals surface area contributed by atoms with Gasteiger partial charge in [-0.3, -0.25) is 4.57 Å². The maximum atomic E-state index is 6.10. The van der Waals surface area contributed by atoms with Gasteiger partial charge in [0.05, 0.1) is 11.0 Å². The van der Waals surface area contributed by atoms with Crippen molar-refractivity contribution in [3.63, 3.8) is 0 Å². The lowest BCUT2D eigenvalue weighted by Gasteiger charge is -2.11. The number of hydrogen-bond donors (Lipinski definition) is 2. The van der Waals surface area contributed by atoms with Crippen molar-refractivity contribution in [2.45, 2.75) is 25.7 Å². The summed E-state index contributed by atoms with van der Waals surface area (Å²) < 4.78 is 2.12. The minimum absolute atomic E-state index is 0.425. The molecule has 4 aromatic rings. The number of nitrogens with two attached hydrogens (primary N) is 1. The van der Waals surface area contributed by atoms with E-state index in [0.717, 1.165) is 28.4 Å². The van der Waals surface area contributed by atoms with Crippen LogP contribution < -0.4 is 11.1 Å². The smallest absolute Gasteiger partial charge is 0.231 e. The maximum Gasteiger partial charge on any atom is 0.231 e. The van der Waals surface area contributed by atoms with Gasteiger partial charge in [0.25, 0.3) is 0 Å². The number of anilines is 3. The molecule has 134 valence electrons. The van der Waals surface area contributed by atoms with Gasteiger partial charge in [0.15, 0.2) is 0 Å². The molecule has 0 spiro atoms. The van der Waals surface area contributed by atoms with E-state index in [2.05, 4.69) is 27.9 Å². The average molecular weight is 356 g/mol. The van der Waals surface area contributed by atoms with Crippen LogP contribution in [0.15, 0.2) is 54.6 Å². The fourth-order valence-electron chi connectivity index (χ4n) is 3.29. The van der Waals surface area contributed by atoms with Crippen molar-refractivity contribution in [2.75, 3.05) is 11.1 Å². The van der Waals surface area contributed by atoms with Crippen LogP contribution >= 0.6 is 0 Å². The van der Waals surface area contributed by atoms with E-state index in [9.17, 15) is 0 Å². The fourth-order valence-corrected chi connectivity index (χ4v) is 3.29. The standard InChI is InChI=1S/C21H20N6/c1-13-6-10-15(11-7-13)23-21-25-18(22)12-19(26-21)27-17-5-3-2-4-16(17)24-20(27)14-8-9-14/h2-7,10-12,14H,8-9H2,1H3,(H3,22,23,25,26). The van der Waals surface area contributed by atoms with Crippen LogP contribution in [0.3, 0.4) is 0 Å². The van der Waals surface area contributed by atoms with E-state index in [1.165, 1.54) is 18.4 Å². The molecule has 6 nitrogen and oxygen atoms in total. The highest BCUT2D eigenvalue weighted by Crippen LogP contribution is 2.41. The molecular weight excluding hydrogens is 336 g/mol. The summed E-state index contributed by atoms with van der Waals surface area (Å²) in [6, 6.07) is 18.0. The minimum atomic E-state index is 0.425. The van der Waals surface area contributed by atoms with Crippen molar-refractivity contribution < 1.29 is 0 Å². The number of benzene rings is 2. The summed E-state index contributed by atoms with van der Waals surface area (Å²) in [5.41, 5.74) is 10.2. The summed E-state index contributed by atoms with van der Waals surface area (Å²) in [6.07, 6.45) is 2.33. The Morgan fingerprint density at radius 1 is 1.00 bits per heavy atom. The molecule has 6 heteroatoms. The van der Waals surface area contributed by atoms with Crippen LogP contribution in [-0.4, -0.2) is 19.5 Å².